The molecule has 2 fully saturated rings. The van der Waals surface area contributed by atoms with Gasteiger partial charge >= 0.3 is 0 Å². The van der Waals surface area contributed by atoms with Gasteiger partial charge in [-0.25, -0.2) is 0 Å². The second kappa shape index (κ2) is 12.8. The van der Waals surface area contributed by atoms with E-state index in [0.29, 0.717) is 31.1 Å². The lowest BCUT2D eigenvalue weighted by molar-refractivity contribution is 0.112. The Balaban J connectivity index is 1.43. The zero-order valence-corrected chi connectivity index (χ0v) is 23.7. The summed E-state index contributed by atoms with van der Waals surface area (Å²) in [5.41, 5.74) is 1.36. The Bertz CT molecular complexity index is 970. The standard InChI is InChI=1S/C28H41ClN4O2S/c1-5-32(6-2)24(28-30-25(18-35-28)33-15-16-34-19-26(33)36)17-20-7-9-21(10-8-20)27(31(3)4)22-11-13-23(29)14-12-22/h11-14,18,20-21,24,27H,5-10,15-17,19H2,1-4H3. The van der Waals surface area contributed by atoms with Gasteiger partial charge in [0.05, 0.1) is 19.3 Å². The average molecular weight is 533 g/mol. The largest absolute Gasteiger partial charge is 0.445 e. The molecule has 198 valence electrons. The summed E-state index contributed by atoms with van der Waals surface area (Å²) in [6.07, 6.45) is 7.80. The van der Waals surface area contributed by atoms with Crippen LogP contribution in [0.15, 0.2) is 34.9 Å². The highest BCUT2D eigenvalue weighted by Crippen LogP contribution is 2.43. The number of ether oxygens (including phenoxy) is 1. The third kappa shape index (κ3) is 6.48. The molecule has 1 saturated carbocycles. The first-order chi connectivity index (χ1) is 17.4. The molecule has 8 heteroatoms. The first-order valence-electron chi connectivity index (χ1n) is 13.4. The molecule has 2 heterocycles. The van der Waals surface area contributed by atoms with Gasteiger partial charge in [0.15, 0.2) is 5.82 Å². The molecule has 4 rings (SSSR count). The van der Waals surface area contributed by atoms with Crippen LogP contribution in [0, 0.1) is 11.8 Å². The van der Waals surface area contributed by atoms with Crippen molar-refractivity contribution in [2.24, 2.45) is 11.8 Å². The van der Waals surface area contributed by atoms with E-state index in [-0.39, 0.29) is 6.04 Å². The predicted octanol–water partition coefficient (Wildman–Crippen LogP) is 6.37. The molecule has 36 heavy (non-hydrogen) atoms. The number of nitrogens with zero attached hydrogens (tertiary/aromatic N) is 4. The van der Waals surface area contributed by atoms with Gasteiger partial charge in [-0.2, -0.15) is 4.98 Å². The van der Waals surface area contributed by atoms with E-state index in [9.17, 15) is 0 Å². The molecule has 2 aromatic rings. The number of morpholine rings is 1. The third-order valence-electron chi connectivity index (χ3n) is 7.97. The first-order valence-corrected chi connectivity index (χ1v) is 14.2. The number of anilines is 1. The minimum absolute atomic E-state index is 0.186. The van der Waals surface area contributed by atoms with Gasteiger partial charge in [0, 0.05) is 17.6 Å². The molecule has 0 radical (unpaired) electrons. The summed E-state index contributed by atoms with van der Waals surface area (Å²) in [7, 11) is 4.39. The fraction of sp³-hybridized carbons (Fsp3) is 0.643. The maximum absolute atomic E-state index is 6.16. The molecule has 1 aliphatic heterocycles. The second-order valence-electron chi connectivity index (χ2n) is 10.4. The Morgan fingerprint density at radius 2 is 1.81 bits per heavy atom. The highest BCUT2D eigenvalue weighted by Gasteiger charge is 2.34. The zero-order chi connectivity index (χ0) is 25.7. The minimum atomic E-state index is 0.186. The number of thiocarbonyl (C=S) groups is 1. The van der Waals surface area contributed by atoms with Crippen molar-refractivity contribution >= 4 is 34.6 Å². The van der Waals surface area contributed by atoms with Crippen LogP contribution in [0.2, 0.25) is 5.02 Å². The molecule has 0 amide bonds. The summed E-state index contributed by atoms with van der Waals surface area (Å²) in [6.45, 7) is 8.27. The molecular formula is C28H41ClN4O2S. The maximum atomic E-state index is 6.16. The fourth-order valence-corrected chi connectivity index (χ4v) is 6.49. The lowest BCUT2D eigenvalue weighted by atomic mass is 9.74. The van der Waals surface area contributed by atoms with Crippen LogP contribution in [-0.4, -0.2) is 66.7 Å². The molecule has 2 unspecified atom stereocenters. The van der Waals surface area contributed by atoms with Crippen LogP contribution in [0.1, 0.15) is 69.5 Å². The summed E-state index contributed by atoms with van der Waals surface area (Å²) in [5.74, 6) is 2.95. The molecule has 0 N–H and O–H groups in total. The highest BCUT2D eigenvalue weighted by atomic mass is 35.5. The molecule has 0 bridgehead atoms. The second-order valence-corrected chi connectivity index (χ2v) is 11.3. The van der Waals surface area contributed by atoms with Gasteiger partial charge in [-0.1, -0.05) is 62.6 Å². The number of hydrogen-bond donors (Lipinski definition) is 0. The van der Waals surface area contributed by atoms with Gasteiger partial charge in [-0.15, -0.1) is 0 Å². The fourth-order valence-electron chi connectivity index (χ4n) is 6.09. The molecule has 1 aliphatic carbocycles. The van der Waals surface area contributed by atoms with E-state index in [1.807, 2.05) is 12.1 Å². The van der Waals surface area contributed by atoms with Crippen molar-refractivity contribution in [2.45, 2.75) is 58.0 Å². The SMILES string of the molecule is CCN(CC)C(CC1CCC(C(c2ccc(Cl)cc2)N(C)C)CC1)c1nc(N2CCOCC2=S)co1. The number of rotatable bonds is 10. The molecule has 2 aliphatic rings. The number of aromatic nitrogens is 1. The molecule has 2 atom stereocenters. The molecule has 6 nitrogen and oxygen atoms in total. The van der Waals surface area contributed by atoms with Crippen LogP contribution in [0.5, 0.6) is 0 Å². The Morgan fingerprint density at radius 1 is 1.11 bits per heavy atom. The predicted molar refractivity (Wildman–Crippen MR) is 151 cm³/mol. The van der Waals surface area contributed by atoms with E-state index < -0.39 is 0 Å². The smallest absolute Gasteiger partial charge is 0.213 e. The first kappa shape index (κ1) is 27.5. The third-order valence-corrected chi connectivity index (χ3v) is 8.56. The minimum Gasteiger partial charge on any atom is -0.445 e. The topological polar surface area (TPSA) is 45.0 Å². The van der Waals surface area contributed by atoms with E-state index >= 15 is 0 Å². The molecule has 1 aromatic heterocycles. The number of hydrogen-bond acceptors (Lipinski definition) is 6. The van der Waals surface area contributed by atoms with Crippen LogP contribution in [0.3, 0.4) is 0 Å². The molecule has 1 saturated heterocycles. The van der Waals surface area contributed by atoms with Gasteiger partial charge < -0.3 is 19.0 Å². The van der Waals surface area contributed by atoms with Crippen LogP contribution >= 0.6 is 23.8 Å². The van der Waals surface area contributed by atoms with Gasteiger partial charge in [0.25, 0.3) is 0 Å². The highest BCUT2D eigenvalue weighted by molar-refractivity contribution is 7.80. The molecule has 0 spiro atoms. The Morgan fingerprint density at radius 3 is 2.42 bits per heavy atom. The summed E-state index contributed by atoms with van der Waals surface area (Å²) >= 11 is 11.7. The lowest BCUT2D eigenvalue weighted by Gasteiger charge is -2.39. The number of benzene rings is 1. The van der Waals surface area contributed by atoms with E-state index in [1.54, 1.807) is 6.26 Å². The van der Waals surface area contributed by atoms with E-state index in [2.05, 4.69) is 54.8 Å². The number of oxazole rings is 1. The molecular weight excluding hydrogens is 492 g/mol. The van der Waals surface area contributed by atoms with Crippen molar-refractivity contribution in [1.29, 1.82) is 0 Å². The van der Waals surface area contributed by atoms with E-state index in [4.69, 9.17) is 38.0 Å². The van der Waals surface area contributed by atoms with Gasteiger partial charge in [-0.05, 0) is 76.0 Å². The van der Waals surface area contributed by atoms with Gasteiger partial charge in [-0.3, -0.25) is 4.90 Å². The number of halogens is 1. The Hall–Kier alpha value is -1.51. The monoisotopic (exact) mass is 532 g/mol. The quantitative estimate of drug-likeness (QED) is 0.329. The lowest BCUT2D eigenvalue weighted by Crippen LogP contribution is -2.40. The van der Waals surface area contributed by atoms with Gasteiger partial charge in [0.2, 0.25) is 5.89 Å². The Labute approximate surface area is 226 Å². The van der Waals surface area contributed by atoms with E-state index in [0.717, 1.165) is 47.8 Å². The van der Waals surface area contributed by atoms with Crippen molar-refractivity contribution in [3.05, 3.63) is 47.0 Å². The normalized spacial score (nSPS) is 22.9. The Kier molecular flexibility index (Phi) is 9.81. The van der Waals surface area contributed by atoms with Crippen molar-refractivity contribution < 1.29 is 9.15 Å². The summed E-state index contributed by atoms with van der Waals surface area (Å²) < 4.78 is 11.6. The maximum Gasteiger partial charge on any atom is 0.213 e. The summed E-state index contributed by atoms with van der Waals surface area (Å²) in [4.78, 5) is 12.6. The van der Waals surface area contributed by atoms with Gasteiger partial charge in [0.1, 0.15) is 11.3 Å². The van der Waals surface area contributed by atoms with Crippen molar-refractivity contribution in [3.8, 4) is 0 Å². The summed E-state index contributed by atoms with van der Waals surface area (Å²) in [6, 6.07) is 9.02. The van der Waals surface area contributed by atoms with Crippen LogP contribution in [0.4, 0.5) is 5.82 Å². The van der Waals surface area contributed by atoms with Crippen LogP contribution in [-0.2, 0) is 4.74 Å². The van der Waals surface area contributed by atoms with Crippen molar-refractivity contribution in [2.75, 3.05) is 51.8 Å². The average Bonchev–Trinajstić information content (AvgIpc) is 3.36. The van der Waals surface area contributed by atoms with Crippen molar-refractivity contribution in [3.63, 3.8) is 0 Å². The zero-order valence-electron chi connectivity index (χ0n) is 22.2. The summed E-state index contributed by atoms with van der Waals surface area (Å²) in [5, 5.41) is 0.799. The van der Waals surface area contributed by atoms with Crippen LogP contribution < -0.4 is 4.90 Å². The van der Waals surface area contributed by atoms with E-state index in [1.165, 1.54) is 31.2 Å². The van der Waals surface area contributed by atoms with Crippen LogP contribution in [0.25, 0.3) is 0 Å². The van der Waals surface area contributed by atoms with Crippen molar-refractivity contribution in [1.82, 2.24) is 14.8 Å². The molecule has 1 aromatic carbocycles.